The Morgan fingerprint density at radius 1 is 1.27 bits per heavy atom. The Labute approximate surface area is 194 Å². The summed E-state index contributed by atoms with van der Waals surface area (Å²) in [7, 11) is 1.59. The summed E-state index contributed by atoms with van der Waals surface area (Å²) < 4.78 is 25.7. The molecule has 3 aromatic rings. The standard InChI is InChI=1S/C24H24FN3O4S/c1-24(25)8-9-32-13-17-7-6-16(11-19(17)24)22(30)26-12-21(29)28-23-27-20(14-33-23)15-4-3-5-18(10-15)31-2/h3-7,10-11,14H,8-9,12-13H2,1-2H3,(H,26,30)(H,27,28,29)/t24-/m1/s1. The van der Waals surface area contributed by atoms with Gasteiger partial charge in [-0.1, -0.05) is 18.2 Å². The molecule has 2 amide bonds. The van der Waals surface area contributed by atoms with Gasteiger partial charge in [-0.25, -0.2) is 9.37 Å². The normalized spacial score (nSPS) is 17.5. The monoisotopic (exact) mass is 469 g/mol. The number of nitrogens with one attached hydrogen (secondary N) is 2. The lowest BCUT2D eigenvalue weighted by molar-refractivity contribution is -0.115. The van der Waals surface area contributed by atoms with Crippen molar-refractivity contribution >= 4 is 28.3 Å². The molecule has 33 heavy (non-hydrogen) atoms. The number of amides is 2. The SMILES string of the molecule is COc1cccc(-c2csc(NC(=O)CNC(=O)c3ccc4c(c3)[C@](C)(F)CCOC4)n2)c1. The van der Waals surface area contributed by atoms with Gasteiger partial charge in [0, 0.05) is 22.9 Å². The fourth-order valence-corrected chi connectivity index (χ4v) is 4.32. The van der Waals surface area contributed by atoms with E-state index in [2.05, 4.69) is 15.6 Å². The zero-order valence-corrected chi connectivity index (χ0v) is 19.1. The average molecular weight is 470 g/mol. The van der Waals surface area contributed by atoms with Gasteiger partial charge in [-0.15, -0.1) is 11.3 Å². The molecule has 1 atom stereocenters. The maximum atomic E-state index is 15.0. The van der Waals surface area contributed by atoms with E-state index in [9.17, 15) is 9.59 Å². The number of aromatic nitrogens is 1. The third-order valence-electron chi connectivity index (χ3n) is 5.43. The number of hydrogen-bond acceptors (Lipinski definition) is 6. The maximum Gasteiger partial charge on any atom is 0.251 e. The smallest absolute Gasteiger partial charge is 0.251 e. The molecule has 1 aliphatic heterocycles. The van der Waals surface area contributed by atoms with Crippen molar-refractivity contribution in [3.05, 3.63) is 64.5 Å². The van der Waals surface area contributed by atoms with E-state index in [1.165, 1.54) is 18.3 Å². The van der Waals surface area contributed by atoms with Gasteiger partial charge in [0.05, 0.1) is 32.6 Å². The highest BCUT2D eigenvalue weighted by atomic mass is 32.1. The molecule has 0 saturated heterocycles. The van der Waals surface area contributed by atoms with Crippen molar-refractivity contribution in [1.82, 2.24) is 10.3 Å². The quantitative estimate of drug-likeness (QED) is 0.562. The van der Waals surface area contributed by atoms with Gasteiger partial charge < -0.3 is 20.1 Å². The zero-order valence-electron chi connectivity index (χ0n) is 18.3. The number of carbonyl (C=O) groups excluding carboxylic acids is 2. The Bertz CT molecular complexity index is 1180. The number of methoxy groups -OCH3 is 1. The van der Waals surface area contributed by atoms with Crippen molar-refractivity contribution in [2.24, 2.45) is 0 Å². The van der Waals surface area contributed by atoms with Crippen LogP contribution in [-0.4, -0.2) is 37.1 Å². The van der Waals surface area contributed by atoms with Gasteiger partial charge >= 0.3 is 0 Å². The van der Waals surface area contributed by atoms with Crippen LogP contribution in [0.2, 0.25) is 0 Å². The molecule has 2 heterocycles. The molecule has 0 radical (unpaired) electrons. The van der Waals surface area contributed by atoms with Crippen molar-refractivity contribution < 1.29 is 23.5 Å². The van der Waals surface area contributed by atoms with E-state index in [-0.39, 0.29) is 13.0 Å². The lowest BCUT2D eigenvalue weighted by Gasteiger charge is -2.20. The maximum absolute atomic E-state index is 15.0. The topological polar surface area (TPSA) is 89.6 Å². The fourth-order valence-electron chi connectivity index (χ4n) is 3.58. The Kier molecular flexibility index (Phi) is 6.71. The van der Waals surface area contributed by atoms with Gasteiger partial charge in [-0.3, -0.25) is 9.59 Å². The molecule has 0 unspecified atom stereocenters. The molecule has 0 aliphatic carbocycles. The van der Waals surface area contributed by atoms with Crippen molar-refractivity contribution in [3.8, 4) is 17.0 Å². The van der Waals surface area contributed by atoms with Crippen LogP contribution in [0, 0.1) is 0 Å². The molecule has 0 bridgehead atoms. The average Bonchev–Trinajstić information content (AvgIpc) is 3.22. The van der Waals surface area contributed by atoms with Gasteiger partial charge in [0.25, 0.3) is 5.91 Å². The molecular weight excluding hydrogens is 445 g/mol. The second-order valence-electron chi connectivity index (χ2n) is 7.87. The molecule has 9 heteroatoms. The summed E-state index contributed by atoms with van der Waals surface area (Å²) in [6.45, 7) is 1.88. The first-order valence-electron chi connectivity index (χ1n) is 10.4. The first kappa shape index (κ1) is 22.9. The van der Waals surface area contributed by atoms with Crippen LogP contribution in [-0.2, 0) is 21.8 Å². The van der Waals surface area contributed by atoms with Gasteiger partial charge in [-0.2, -0.15) is 0 Å². The second-order valence-corrected chi connectivity index (χ2v) is 8.73. The Hall–Kier alpha value is -3.30. The summed E-state index contributed by atoms with van der Waals surface area (Å²) in [4.78, 5) is 29.3. The largest absolute Gasteiger partial charge is 0.497 e. The van der Waals surface area contributed by atoms with Gasteiger partial charge in [0.1, 0.15) is 11.4 Å². The Morgan fingerprint density at radius 2 is 2.12 bits per heavy atom. The number of nitrogens with zero attached hydrogens (tertiary/aromatic N) is 1. The summed E-state index contributed by atoms with van der Waals surface area (Å²) in [6, 6.07) is 12.3. The number of halogens is 1. The summed E-state index contributed by atoms with van der Waals surface area (Å²) in [5.41, 5.74) is 1.47. The van der Waals surface area contributed by atoms with E-state index in [0.717, 1.165) is 11.1 Å². The summed E-state index contributed by atoms with van der Waals surface area (Å²) in [5.74, 6) is -0.147. The van der Waals surface area contributed by atoms with Crippen LogP contribution >= 0.6 is 11.3 Å². The van der Waals surface area contributed by atoms with Crippen LogP contribution in [0.25, 0.3) is 11.3 Å². The Balaban J connectivity index is 1.36. The second kappa shape index (κ2) is 9.68. The summed E-state index contributed by atoms with van der Waals surface area (Å²) >= 11 is 1.28. The minimum atomic E-state index is -1.58. The predicted octanol–water partition coefficient (Wildman–Crippen LogP) is 4.29. The molecular formula is C24H24FN3O4S. The lowest BCUT2D eigenvalue weighted by atomic mass is 9.90. The van der Waals surface area contributed by atoms with Crippen molar-refractivity contribution in [3.63, 3.8) is 0 Å². The first-order valence-corrected chi connectivity index (χ1v) is 11.3. The number of rotatable bonds is 6. The van der Waals surface area contributed by atoms with E-state index >= 15 is 4.39 Å². The first-order chi connectivity index (χ1) is 15.9. The summed E-state index contributed by atoms with van der Waals surface area (Å²) in [5, 5.41) is 7.51. The number of hydrogen-bond donors (Lipinski definition) is 2. The molecule has 1 aliphatic rings. The molecule has 2 aromatic carbocycles. The van der Waals surface area contributed by atoms with Crippen LogP contribution in [0.5, 0.6) is 5.75 Å². The molecule has 0 saturated carbocycles. The zero-order chi connectivity index (χ0) is 23.4. The molecule has 2 N–H and O–H groups in total. The summed E-state index contributed by atoms with van der Waals surface area (Å²) in [6.07, 6.45) is 0.221. The number of thiazole rings is 1. The van der Waals surface area contributed by atoms with E-state index in [1.807, 2.05) is 29.6 Å². The minimum absolute atomic E-state index is 0.221. The van der Waals surface area contributed by atoms with Gasteiger partial charge in [0.2, 0.25) is 5.91 Å². The van der Waals surface area contributed by atoms with Crippen LogP contribution in [0.1, 0.15) is 34.8 Å². The van der Waals surface area contributed by atoms with Gasteiger partial charge in [0.15, 0.2) is 5.13 Å². The van der Waals surface area contributed by atoms with E-state index in [4.69, 9.17) is 9.47 Å². The molecule has 4 rings (SSSR count). The molecule has 1 aromatic heterocycles. The third-order valence-corrected chi connectivity index (χ3v) is 6.19. The molecule has 0 fully saturated rings. The Morgan fingerprint density at radius 3 is 2.94 bits per heavy atom. The molecule has 172 valence electrons. The fraction of sp³-hybridized carbons (Fsp3) is 0.292. The van der Waals surface area contributed by atoms with E-state index in [1.54, 1.807) is 25.3 Å². The minimum Gasteiger partial charge on any atom is -0.497 e. The number of alkyl halides is 1. The van der Waals surface area contributed by atoms with Crippen LogP contribution in [0.15, 0.2) is 47.8 Å². The number of carbonyl (C=O) groups is 2. The molecule has 7 nitrogen and oxygen atoms in total. The van der Waals surface area contributed by atoms with E-state index in [0.29, 0.717) is 40.9 Å². The van der Waals surface area contributed by atoms with E-state index < -0.39 is 17.5 Å². The highest BCUT2D eigenvalue weighted by Gasteiger charge is 2.31. The number of benzene rings is 2. The van der Waals surface area contributed by atoms with Gasteiger partial charge in [-0.05, 0) is 42.3 Å². The van der Waals surface area contributed by atoms with Crippen LogP contribution in [0.4, 0.5) is 9.52 Å². The predicted molar refractivity (Wildman–Crippen MR) is 124 cm³/mol. The highest BCUT2D eigenvalue weighted by molar-refractivity contribution is 7.14. The molecule has 0 spiro atoms. The highest BCUT2D eigenvalue weighted by Crippen LogP contribution is 2.35. The van der Waals surface area contributed by atoms with Crippen LogP contribution in [0.3, 0.4) is 0 Å². The van der Waals surface area contributed by atoms with Crippen LogP contribution < -0.4 is 15.4 Å². The van der Waals surface area contributed by atoms with Crippen molar-refractivity contribution in [1.29, 1.82) is 0 Å². The number of fused-ring (bicyclic) bond motifs is 1. The third kappa shape index (κ3) is 5.37. The lowest BCUT2D eigenvalue weighted by Crippen LogP contribution is -2.33. The number of anilines is 1. The van der Waals surface area contributed by atoms with Crippen molar-refractivity contribution in [2.45, 2.75) is 25.6 Å². The number of ether oxygens (including phenoxy) is 2. The van der Waals surface area contributed by atoms with Crippen molar-refractivity contribution in [2.75, 3.05) is 25.6 Å².